The second-order valence-electron chi connectivity index (χ2n) is 8.21. The average Bonchev–Trinajstić information content (AvgIpc) is 3.52. The molecule has 1 saturated heterocycles. The molecule has 9 nitrogen and oxygen atoms in total. The molecule has 1 aromatic heterocycles. The number of carbonyl (C=O) groups excluding carboxylic acids is 1. The second-order valence-corrected chi connectivity index (χ2v) is 9.05. The van der Waals surface area contributed by atoms with Crippen LogP contribution in [-0.4, -0.2) is 54.5 Å². The molecule has 36 heavy (non-hydrogen) atoms. The molecule has 1 fully saturated rings. The molecule has 3 N–H and O–H groups in total. The number of urea groups is 1. The number of hydrogen-bond donors (Lipinski definition) is 3. The largest absolute Gasteiger partial charge is 0.491 e. The summed E-state index contributed by atoms with van der Waals surface area (Å²) >= 11 is 12.6. The number of nitrogens with one attached hydrogen (secondary N) is 3. The van der Waals surface area contributed by atoms with Crippen molar-refractivity contribution in [3.05, 3.63) is 76.8 Å². The van der Waals surface area contributed by atoms with Crippen LogP contribution in [0.15, 0.2) is 61.2 Å². The summed E-state index contributed by atoms with van der Waals surface area (Å²) in [5.41, 5.74) is 1.62. The van der Waals surface area contributed by atoms with Crippen molar-refractivity contribution in [2.75, 3.05) is 38.2 Å². The van der Waals surface area contributed by atoms with Crippen LogP contribution in [0.5, 0.6) is 5.75 Å². The van der Waals surface area contributed by atoms with Crippen molar-refractivity contribution in [2.24, 2.45) is 0 Å². The SMILES string of the molecule is CCNC(=O)NCCNc1ccc(OCC2COC(Cn3ccnc3)(c3ccc(Cl)cc3Cl)O2)cc1. The van der Waals surface area contributed by atoms with E-state index in [4.69, 9.17) is 37.4 Å². The molecule has 2 amide bonds. The third-order valence-corrected chi connectivity index (χ3v) is 6.07. The summed E-state index contributed by atoms with van der Waals surface area (Å²) in [6.45, 7) is 4.62. The molecule has 192 valence electrons. The highest BCUT2D eigenvalue weighted by Gasteiger charge is 2.45. The molecule has 0 spiro atoms. The van der Waals surface area contributed by atoms with Crippen LogP contribution in [0.3, 0.4) is 0 Å². The molecule has 0 bridgehead atoms. The fourth-order valence-electron chi connectivity index (χ4n) is 3.84. The Morgan fingerprint density at radius 1 is 1.19 bits per heavy atom. The number of ether oxygens (including phenoxy) is 3. The third kappa shape index (κ3) is 6.82. The highest BCUT2D eigenvalue weighted by Crippen LogP contribution is 2.40. The highest BCUT2D eigenvalue weighted by atomic mass is 35.5. The number of amides is 2. The molecule has 2 aromatic carbocycles. The molecule has 1 aliphatic rings. The number of anilines is 1. The number of hydrogen-bond acceptors (Lipinski definition) is 6. The van der Waals surface area contributed by atoms with E-state index < -0.39 is 5.79 Å². The maximum atomic E-state index is 11.4. The van der Waals surface area contributed by atoms with Gasteiger partial charge in [0.15, 0.2) is 0 Å². The monoisotopic (exact) mass is 533 g/mol. The predicted octanol–water partition coefficient (Wildman–Crippen LogP) is 4.27. The van der Waals surface area contributed by atoms with Crippen LogP contribution >= 0.6 is 23.2 Å². The first kappa shape index (κ1) is 26.1. The quantitative estimate of drug-likeness (QED) is 0.318. The summed E-state index contributed by atoms with van der Waals surface area (Å²) in [4.78, 5) is 15.5. The first-order chi connectivity index (χ1) is 17.5. The first-order valence-electron chi connectivity index (χ1n) is 11.7. The zero-order valence-corrected chi connectivity index (χ0v) is 21.4. The lowest BCUT2D eigenvalue weighted by atomic mass is 10.1. The number of benzene rings is 2. The fraction of sp³-hybridized carbons (Fsp3) is 0.360. The number of nitrogens with zero attached hydrogens (tertiary/aromatic N) is 2. The molecule has 1 aliphatic heterocycles. The zero-order valence-electron chi connectivity index (χ0n) is 19.9. The minimum absolute atomic E-state index is 0.173. The smallest absolute Gasteiger partial charge is 0.314 e. The van der Waals surface area contributed by atoms with Crippen molar-refractivity contribution in [1.29, 1.82) is 0 Å². The Bertz CT molecular complexity index is 1130. The minimum atomic E-state index is -1.09. The minimum Gasteiger partial charge on any atom is -0.491 e. The molecule has 2 unspecified atom stereocenters. The Kier molecular flexibility index (Phi) is 8.93. The number of aromatic nitrogens is 2. The van der Waals surface area contributed by atoms with E-state index in [1.807, 2.05) is 48.0 Å². The summed E-state index contributed by atoms with van der Waals surface area (Å²) in [7, 11) is 0. The van der Waals surface area contributed by atoms with Gasteiger partial charge in [0.25, 0.3) is 0 Å². The van der Waals surface area contributed by atoms with Crippen molar-refractivity contribution in [3.8, 4) is 5.75 Å². The van der Waals surface area contributed by atoms with Crippen molar-refractivity contribution in [1.82, 2.24) is 20.2 Å². The Labute approximate surface area is 220 Å². The Hall–Kier alpha value is -2.98. The fourth-order valence-corrected chi connectivity index (χ4v) is 4.39. The molecule has 11 heteroatoms. The van der Waals surface area contributed by atoms with Crippen LogP contribution in [-0.2, 0) is 21.8 Å². The van der Waals surface area contributed by atoms with Gasteiger partial charge in [0, 0.05) is 48.3 Å². The van der Waals surface area contributed by atoms with Gasteiger partial charge in [-0.1, -0.05) is 29.3 Å². The summed E-state index contributed by atoms with van der Waals surface area (Å²) in [6, 6.07) is 12.7. The van der Waals surface area contributed by atoms with Gasteiger partial charge in [-0.15, -0.1) is 0 Å². The lowest BCUT2D eigenvalue weighted by molar-refractivity contribution is -0.189. The molecular formula is C25H29Cl2N5O4. The normalized spacial score (nSPS) is 19.1. The van der Waals surface area contributed by atoms with E-state index in [0.29, 0.717) is 60.8 Å². The lowest BCUT2D eigenvalue weighted by Gasteiger charge is -2.30. The summed E-state index contributed by atoms with van der Waals surface area (Å²) in [6.07, 6.45) is 4.94. The second kappa shape index (κ2) is 12.3. The van der Waals surface area contributed by atoms with E-state index >= 15 is 0 Å². The third-order valence-electron chi connectivity index (χ3n) is 5.52. The summed E-state index contributed by atoms with van der Waals surface area (Å²) in [5.74, 6) is -0.382. The van der Waals surface area contributed by atoms with Gasteiger partial charge in [0.05, 0.1) is 24.5 Å². The molecule has 0 aliphatic carbocycles. The molecule has 3 aromatic rings. The number of halogens is 2. The van der Waals surface area contributed by atoms with Crippen LogP contribution in [0.2, 0.25) is 10.0 Å². The van der Waals surface area contributed by atoms with Gasteiger partial charge in [-0.2, -0.15) is 0 Å². The Morgan fingerprint density at radius 2 is 2.03 bits per heavy atom. The van der Waals surface area contributed by atoms with Gasteiger partial charge in [-0.25, -0.2) is 9.78 Å². The van der Waals surface area contributed by atoms with Gasteiger partial charge in [-0.05, 0) is 43.3 Å². The molecule has 0 radical (unpaired) electrons. The van der Waals surface area contributed by atoms with Crippen molar-refractivity contribution >= 4 is 34.9 Å². The Balaban J connectivity index is 1.32. The van der Waals surface area contributed by atoms with Gasteiger partial charge >= 0.3 is 6.03 Å². The number of carbonyl (C=O) groups is 1. The van der Waals surface area contributed by atoms with Crippen LogP contribution in [0, 0.1) is 0 Å². The maximum absolute atomic E-state index is 11.4. The van der Waals surface area contributed by atoms with Crippen LogP contribution in [0.1, 0.15) is 12.5 Å². The van der Waals surface area contributed by atoms with Gasteiger partial charge in [0.1, 0.15) is 18.5 Å². The zero-order chi connectivity index (χ0) is 25.4. The van der Waals surface area contributed by atoms with E-state index in [1.165, 1.54) is 0 Å². The topological polar surface area (TPSA) is 98.7 Å². The van der Waals surface area contributed by atoms with Crippen LogP contribution < -0.4 is 20.7 Å². The highest BCUT2D eigenvalue weighted by molar-refractivity contribution is 6.35. The maximum Gasteiger partial charge on any atom is 0.314 e. The van der Waals surface area contributed by atoms with Gasteiger partial charge in [-0.3, -0.25) is 0 Å². The number of rotatable bonds is 11. The Morgan fingerprint density at radius 3 is 2.75 bits per heavy atom. The van der Waals surface area contributed by atoms with E-state index in [-0.39, 0.29) is 12.1 Å². The van der Waals surface area contributed by atoms with E-state index in [9.17, 15) is 4.79 Å². The van der Waals surface area contributed by atoms with Crippen molar-refractivity contribution in [3.63, 3.8) is 0 Å². The predicted molar refractivity (Wildman–Crippen MR) is 139 cm³/mol. The standard InChI is InChI=1S/C25H29Cl2N5O4/c1-2-29-24(33)31-10-9-30-19-4-6-20(7-5-19)34-14-21-15-35-25(36-21,16-32-12-11-28-17-32)22-8-3-18(26)13-23(22)27/h3-8,11-13,17,21,30H,2,9-10,14-16H2,1H3,(H2,29,31,33). The van der Waals surface area contributed by atoms with Gasteiger partial charge < -0.3 is 34.7 Å². The molecule has 4 rings (SSSR count). The van der Waals surface area contributed by atoms with Gasteiger partial charge in [0.2, 0.25) is 5.79 Å². The van der Waals surface area contributed by atoms with Crippen LogP contribution in [0.25, 0.3) is 0 Å². The van der Waals surface area contributed by atoms with E-state index in [0.717, 1.165) is 5.69 Å². The van der Waals surface area contributed by atoms with Crippen LogP contribution in [0.4, 0.5) is 10.5 Å². The van der Waals surface area contributed by atoms with E-state index in [1.54, 1.807) is 24.7 Å². The lowest BCUT2D eigenvalue weighted by Crippen LogP contribution is -2.37. The number of imidazole rings is 1. The van der Waals surface area contributed by atoms with E-state index in [2.05, 4.69) is 20.9 Å². The summed E-state index contributed by atoms with van der Waals surface area (Å²) in [5, 5.41) is 9.72. The molecule has 2 heterocycles. The molecule has 2 atom stereocenters. The average molecular weight is 534 g/mol. The molecular weight excluding hydrogens is 505 g/mol. The first-order valence-corrected chi connectivity index (χ1v) is 12.4. The van der Waals surface area contributed by atoms with Crippen molar-refractivity contribution < 1.29 is 19.0 Å². The molecule has 0 saturated carbocycles. The summed E-state index contributed by atoms with van der Waals surface area (Å²) < 4.78 is 20.5. The van der Waals surface area contributed by atoms with Crippen molar-refractivity contribution in [2.45, 2.75) is 25.4 Å².